The topological polar surface area (TPSA) is 36.4 Å². The van der Waals surface area contributed by atoms with Gasteiger partial charge < -0.3 is 5.32 Å². The molecule has 1 rings (SSSR count). The predicted molar refractivity (Wildman–Crippen MR) is 73.6 cm³/mol. The Hall–Kier alpha value is -0.640. The highest BCUT2D eigenvalue weighted by molar-refractivity contribution is 7.80. The van der Waals surface area contributed by atoms with Gasteiger partial charge in [0.25, 0.3) is 0 Å². The zero-order chi connectivity index (χ0) is 12.1. The molecule has 0 saturated heterocycles. The van der Waals surface area contributed by atoms with Crippen LogP contribution in [-0.4, -0.2) is 17.9 Å². The van der Waals surface area contributed by atoms with E-state index in [1.165, 1.54) is 18.6 Å². The van der Waals surface area contributed by atoms with Crippen molar-refractivity contribution in [1.29, 1.82) is 0 Å². The quantitative estimate of drug-likeness (QED) is 0.576. The normalized spacial score (nSPS) is 28.2. The molecule has 0 unspecified atom stereocenters. The van der Waals surface area contributed by atoms with Crippen molar-refractivity contribution in [2.24, 2.45) is 22.9 Å². The molecule has 0 radical (unpaired) electrons. The van der Waals surface area contributed by atoms with Crippen molar-refractivity contribution in [2.45, 2.75) is 40.0 Å². The van der Waals surface area contributed by atoms with Crippen LogP contribution in [0.15, 0.2) is 5.10 Å². The van der Waals surface area contributed by atoms with E-state index < -0.39 is 0 Å². The fourth-order valence-corrected chi connectivity index (χ4v) is 2.31. The van der Waals surface area contributed by atoms with E-state index in [1.54, 1.807) is 7.05 Å². The van der Waals surface area contributed by atoms with E-state index >= 15 is 0 Å². The first kappa shape index (κ1) is 13.4. The molecular formula is C12H23N3S. The molecule has 2 atom stereocenters. The molecule has 0 aromatic rings. The van der Waals surface area contributed by atoms with Crippen LogP contribution in [0.2, 0.25) is 0 Å². The Labute approximate surface area is 104 Å². The van der Waals surface area contributed by atoms with Crippen LogP contribution < -0.4 is 10.7 Å². The predicted octanol–water partition coefficient (Wildman–Crippen LogP) is 2.53. The maximum atomic E-state index is 5.03. The van der Waals surface area contributed by atoms with Crippen LogP contribution in [0, 0.1) is 17.8 Å². The minimum atomic E-state index is 0.591. The summed E-state index contributed by atoms with van der Waals surface area (Å²) < 4.78 is 0. The van der Waals surface area contributed by atoms with Gasteiger partial charge in [-0.05, 0) is 43.3 Å². The molecule has 92 valence electrons. The third kappa shape index (κ3) is 3.74. The SMILES string of the molecule is CNC(=S)N/N=C1/C[C@@H](C)CC[C@@H]1C(C)C. The maximum Gasteiger partial charge on any atom is 0.186 e. The van der Waals surface area contributed by atoms with Crippen molar-refractivity contribution in [3.63, 3.8) is 0 Å². The van der Waals surface area contributed by atoms with Gasteiger partial charge in [0.15, 0.2) is 5.11 Å². The first-order valence-corrected chi connectivity index (χ1v) is 6.49. The van der Waals surface area contributed by atoms with Crippen LogP contribution in [0.25, 0.3) is 0 Å². The molecule has 4 heteroatoms. The smallest absolute Gasteiger partial charge is 0.186 e. The van der Waals surface area contributed by atoms with Crippen molar-refractivity contribution in [1.82, 2.24) is 10.7 Å². The van der Waals surface area contributed by atoms with Crippen LogP contribution in [0.1, 0.15) is 40.0 Å². The Bertz CT molecular complexity index is 273. The fraction of sp³-hybridized carbons (Fsp3) is 0.833. The lowest BCUT2D eigenvalue weighted by atomic mass is 9.76. The third-order valence-electron chi connectivity index (χ3n) is 3.29. The Morgan fingerprint density at radius 2 is 2.12 bits per heavy atom. The molecule has 2 N–H and O–H groups in total. The van der Waals surface area contributed by atoms with E-state index in [0.717, 1.165) is 12.3 Å². The number of hydrogen-bond acceptors (Lipinski definition) is 2. The summed E-state index contributed by atoms with van der Waals surface area (Å²) in [5.74, 6) is 2.03. The highest BCUT2D eigenvalue weighted by Crippen LogP contribution is 2.31. The lowest BCUT2D eigenvalue weighted by Gasteiger charge is -2.30. The van der Waals surface area contributed by atoms with Crippen molar-refractivity contribution >= 4 is 23.0 Å². The lowest BCUT2D eigenvalue weighted by molar-refractivity contribution is 0.363. The highest BCUT2D eigenvalue weighted by Gasteiger charge is 2.26. The largest absolute Gasteiger partial charge is 0.364 e. The molecule has 0 heterocycles. The molecule has 0 spiro atoms. The van der Waals surface area contributed by atoms with E-state index in [-0.39, 0.29) is 0 Å². The second-order valence-electron chi connectivity index (χ2n) is 5.03. The van der Waals surface area contributed by atoms with Gasteiger partial charge in [0.1, 0.15) is 0 Å². The summed E-state index contributed by atoms with van der Waals surface area (Å²) in [6, 6.07) is 0. The number of hydrazone groups is 1. The van der Waals surface area contributed by atoms with Gasteiger partial charge in [-0.3, -0.25) is 5.43 Å². The summed E-state index contributed by atoms with van der Waals surface area (Å²) in [5, 5.41) is 7.93. The van der Waals surface area contributed by atoms with Gasteiger partial charge in [-0.1, -0.05) is 20.8 Å². The summed E-state index contributed by atoms with van der Waals surface area (Å²) in [5.41, 5.74) is 4.20. The summed E-state index contributed by atoms with van der Waals surface area (Å²) in [6.07, 6.45) is 3.67. The minimum absolute atomic E-state index is 0.591. The molecule has 3 nitrogen and oxygen atoms in total. The number of rotatable bonds is 2. The molecule has 1 aliphatic carbocycles. The van der Waals surface area contributed by atoms with Crippen molar-refractivity contribution < 1.29 is 0 Å². The molecule has 0 aliphatic heterocycles. The van der Waals surface area contributed by atoms with Crippen LogP contribution in [0.4, 0.5) is 0 Å². The van der Waals surface area contributed by atoms with Gasteiger partial charge in [-0.15, -0.1) is 0 Å². The van der Waals surface area contributed by atoms with Gasteiger partial charge in [0.2, 0.25) is 0 Å². The number of thiocarbonyl (C=S) groups is 1. The summed E-state index contributed by atoms with van der Waals surface area (Å²) in [6.45, 7) is 6.83. The van der Waals surface area contributed by atoms with Gasteiger partial charge >= 0.3 is 0 Å². The molecule has 0 bridgehead atoms. The summed E-state index contributed by atoms with van der Waals surface area (Å²) in [4.78, 5) is 0. The molecule has 1 saturated carbocycles. The van der Waals surface area contributed by atoms with Gasteiger partial charge in [-0.2, -0.15) is 5.10 Å². The summed E-state index contributed by atoms with van der Waals surface area (Å²) in [7, 11) is 1.80. The first-order chi connectivity index (χ1) is 7.54. The van der Waals surface area contributed by atoms with Crippen molar-refractivity contribution in [3.05, 3.63) is 0 Å². The zero-order valence-electron chi connectivity index (χ0n) is 10.7. The molecule has 0 amide bonds. The van der Waals surface area contributed by atoms with E-state index in [9.17, 15) is 0 Å². The monoisotopic (exact) mass is 241 g/mol. The zero-order valence-corrected chi connectivity index (χ0v) is 11.5. The fourth-order valence-electron chi connectivity index (χ4n) is 2.27. The number of nitrogens with one attached hydrogen (secondary N) is 2. The van der Waals surface area contributed by atoms with Crippen LogP contribution >= 0.6 is 12.2 Å². The van der Waals surface area contributed by atoms with Crippen molar-refractivity contribution in [3.8, 4) is 0 Å². The highest BCUT2D eigenvalue weighted by atomic mass is 32.1. The van der Waals surface area contributed by atoms with E-state index in [0.29, 0.717) is 16.9 Å². The lowest BCUT2D eigenvalue weighted by Crippen LogP contribution is -2.33. The molecule has 1 fully saturated rings. The van der Waals surface area contributed by atoms with E-state index in [1.807, 2.05) is 0 Å². The summed E-state index contributed by atoms with van der Waals surface area (Å²) >= 11 is 5.03. The molecule has 0 aromatic carbocycles. The Balaban J connectivity index is 2.67. The second kappa shape index (κ2) is 6.18. The Morgan fingerprint density at radius 1 is 1.44 bits per heavy atom. The Kier molecular flexibility index (Phi) is 5.19. The van der Waals surface area contributed by atoms with E-state index in [4.69, 9.17) is 12.2 Å². The van der Waals surface area contributed by atoms with Gasteiger partial charge in [0.05, 0.1) is 0 Å². The molecule has 16 heavy (non-hydrogen) atoms. The van der Waals surface area contributed by atoms with Crippen LogP contribution in [0.5, 0.6) is 0 Å². The number of nitrogens with zero attached hydrogens (tertiary/aromatic N) is 1. The number of hydrogen-bond donors (Lipinski definition) is 2. The average molecular weight is 241 g/mol. The van der Waals surface area contributed by atoms with Crippen LogP contribution in [0.3, 0.4) is 0 Å². The van der Waals surface area contributed by atoms with Gasteiger partial charge in [-0.25, -0.2) is 0 Å². The van der Waals surface area contributed by atoms with Gasteiger partial charge in [0, 0.05) is 18.7 Å². The molecule has 0 aromatic heterocycles. The second-order valence-corrected chi connectivity index (χ2v) is 5.44. The first-order valence-electron chi connectivity index (χ1n) is 6.08. The van der Waals surface area contributed by atoms with Crippen molar-refractivity contribution in [2.75, 3.05) is 7.05 Å². The molecular weight excluding hydrogens is 218 g/mol. The van der Waals surface area contributed by atoms with Crippen LogP contribution in [-0.2, 0) is 0 Å². The standard InChI is InChI=1S/C12H23N3S/c1-8(2)10-6-5-9(3)7-11(10)14-15-12(16)13-4/h8-10H,5-7H2,1-4H3,(H2,13,15,16)/b14-11-/t9-,10+/m0/s1. The average Bonchev–Trinajstić information content (AvgIpc) is 2.25. The Morgan fingerprint density at radius 3 is 2.69 bits per heavy atom. The molecule has 1 aliphatic rings. The minimum Gasteiger partial charge on any atom is -0.364 e. The van der Waals surface area contributed by atoms with E-state index in [2.05, 4.69) is 36.6 Å². The third-order valence-corrected chi connectivity index (χ3v) is 3.58. The maximum absolute atomic E-state index is 5.03.